The van der Waals surface area contributed by atoms with Gasteiger partial charge >= 0.3 is 17.6 Å². The molecule has 0 spiro atoms. The highest BCUT2D eigenvalue weighted by atomic mass is 16.6. The van der Waals surface area contributed by atoms with Gasteiger partial charge in [-0.1, -0.05) is 45.4 Å². The Hall–Kier alpha value is -2.44. The summed E-state index contributed by atoms with van der Waals surface area (Å²) < 4.78 is 5.01. The van der Waals surface area contributed by atoms with E-state index in [1.807, 2.05) is 0 Å². The first-order chi connectivity index (χ1) is 11.5. The zero-order valence-electron chi connectivity index (χ0n) is 13.8. The molecule has 1 aromatic carbocycles. The van der Waals surface area contributed by atoms with Crippen LogP contribution in [-0.2, 0) is 4.79 Å². The number of carboxylic acid groups (broad SMARTS) is 1. The number of unbranched alkanes of at least 4 members (excludes halogenated alkanes) is 6. The van der Waals surface area contributed by atoms with Crippen molar-refractivity contribution in [3.05, 3.63) is 33.9 Å². The third kappa shape index (κ3) is 6.76. The average Bonchev–Trinajstić information content (AvgIpc) is 2.54. The molecule has 7 nitrogen and oxygen atoms in total. The van der Waals surface area contributed by atoms with E-state index in [-0.39, 0.29) is 17.7 Å². The molecule has 7 heteroatoms. The van der Waals surface area contributed by atoms with Crippen molar-refractivity contribution in [2.75, 3.05) is 0 Å². The summed E-state index contributed by atoms with van der Waals surface area (Å²) in [5, 5.41) is 19.8. The van der Waals surface area contributed by atoms with E-state index in [0.717, 1.165) is 31.4 Å². The van der Waals surface area contributed by atoms with Gasteiger partial charge < -0.3 is 9.84 Å². The molecule has 1 rings (SSSR count). The van der Waals surface area contributed by atoms with Crippen molar-refractivity contribution in [1.29, 1.82) is 0 Å². The third-order valence-corrected chi connectivity index (χ3v) is 3.61. The maximum absolute atomic E-state index is 11.8. The molecule has 24 heavy (non-hydrogen) atoms. The van der Waals surface area contributed by atoms with E-state index in [2.05, 4.69) is 6.92 Å². The van der Waals surface area contributed by atoms with Gasteiger partial charge in [0.25, 0.3) is 0 Å². The van der Waals surface area contributed by atoms with E-state index in [4.69, 9.17) is 9.84 Å². The molecular weight excluding hydrogens is 314 g/mol. The highest BCUT2D eigenvalue weighted by Crippen LogP contribution is 2.28. The van der Waals surface area contributed by atoms with Crippen molar-refractivity contribution in [2.45, 2.75) is 58.3 Å². The molecule has 0 aromatic heterocycles. The molecule has 0 amide bonds. The zero-order valence-corrected chi connectivity index (χ0v) is 13.8. The highest BCUT2D eigenvalue weighted by molar-refractivity contribution is 5.89. The second-order valence-corrected chi connectivity index (χ2v) is 5.59. The largest absolute Gasteiger partial charge is 0.478 e. The van der Waals surface area contributed by atoms with Gasteiger partial charge in [0.15, 0.2) is 0 Å². The van der Waals surface area contributed by atoms with Crippen molar-refractivity contribution in [3.63, 3.8) is 0 Å². The van der Waals surface area contributed by atoms with Gasteiger partial charge in [-0.25, -0.2) is 4.79 Å². The van der Waals surface area contributed by atoms with Gasteiger partial charge in [0.1, 0.15) is 0 Å². The third-order valence-electron chi connectivity index (χ3n) is 3.61. The second-order valence-electron chi connectivity index (χ2n) is 5.59. The molecule has 0 aliphatic rings. The number of rotatable bonds is 11. The van der Waals surface area contributed by atoms with Crippen LogP contribution < -0.4 is 4.74 Å². The normalized spacial score (nSPS) is 10.4. The predicted molar refractivity (Wildman–Crippen MR) is 88.3 cm³/mol. The van der Waals surface area contributed by atoms with Crippen LogP contribution in [0, 0.1) is 10.1 Å². The summed E-state index contributed by atoms with van der Waals surface area (Å²) in [4.78, 5) is 32.9. The minimum atomic E-state index is -1.28. The topological polar surface area (TPSA) is 107 Å². The summed E-state index contributed by atoms with van der Waals surface area (Å²) in [6.07, 6.45) is 7.58. The first-order valence-electron chi connectivity index (χ1n) is 8.18. The van der Waals surface area contributed by atoms with Crippen LogP contribution in [-0.4, -0.2) is 22.0 Å². The average molecular weight is 337 g/mol. The molecule has 0 fully saturated rings. The van der Waals surface area contributed by atoms with E-state index >= 15 is 0 Å². The molecule has 0 aliphatic heterocycles. The SMILES string of the molecule is CCCCCCCCCC(=O)Oc1ccc(C(=O)O)cc1[N+](=O)[O-]. The number of carbonyl (C=O) groups excluding carboxylic acids is 1. The number of ether oxygens (including phenoxy) is 1. The fraction of sp³-hybridized carbons (Fsp3) is 0.529. The van der Waals surface area contributed by atoms with Crippen LogP contribution in [0.15, 0.2) is 18.2 Å². The van der Waals surface area contributed by atoms with Crippen LogP contribution in [0.25, 0.3) is 0 Å². The van der Waals surface area contributed by atoms with Gasteiger partial charge in [-0.3, -0.25) is 14.9 Å². The Morgan fingerprint density at radius 2 is 1.75 bits per heavy atom. The first kappa shape index (κ1) is 19.6. The van der Waals surface area contributed by atoms with Crippen molar-refractivity contribution in [2.24, 2.45) is 0 Å². The maximum atomic E-state index is 11.8. The van der Waals surface area contributed by atoms with Crippen molar-refractivity contribution >= 4 is 17.6 Å². The lowest BCUT2D eigenvalue weighted by Gasteiger charge is -2.06. The summed E-state index contributed by atoms with van der Waals surface area (Å²) >= 11 is 0. The Bertz CT molecular complexity index is 584. The first-order valence-corrected chi connectivity index (χ1v) is 8.18. The Morgan fingerprint density at radius 1 is 1.12 bits per heavy atom. The molecule has 0 heterocycles. The Labute approximate surface area is 140 Å². The van der Waals surface area contributed by atoms with E-state index in [0.29, 0.717) is 6.42 Å². The molecular formula is C17H23NO6. The monoisotopic (exact) mass is 337 g/mol. The Kier molecular flexibility index (Phi) is 8.46. The van der Waals surface area contributed by atoms with Crippen LogP contribution >= 0.6 is 0 Å². The molecule has 132 valence electrons. The number of nitrogens with zero attached hydrogens (tertiary/aromatic N) is 1. The van der Waals surface area contributed by atoms with Crippen LogP contribution in [0.5, 0.6) is 5.75 Å². The molecule has 0 saturated heterocycles. The fourth-order valence-electron chi connectivity index (χ4n) is 2.28. The van der Waals surface area contributed by atoms with Gasteiger partial charge in [-0.2, -0.15) is 0 Å². The molecule has 1 N–H and O–H groups in total. The Balaban J connectivity index is 2.49. The van der Waals surface area contributed by atoms with Crippen molar-refractivity contribution in [1.82, 2.24) is 0 Å². The minimum Gasteiger partial charge on any atom is -0.478 e. The lowest BCUT2D eigenvalue weighted by Crippen LogP contribution is -2.09. The number of nitro groups is 1. The molecule has 1 aromatic rings. The summed E-state index contributed by atoms with van der Waals surface area (Å²) in [6, 6.07) is 3.20. The minimum absolute atomic E-state index is 0.186. The van der Waals surface area contributed by atoms with E-state index in [1.54, 1.807) is 0 Å². The van der Waals surface area contributed by atoms with E-state index < -0.39 is 22.5 Å². The number of hydrogen-bond donors (Lipinski definition) is 1. The van der Waals surface area contributed by atoms with Gasteiger partial charge in [-0.15, -0.1) is 0 Å². The molecule has 0 saturated carbocycles. The lowest BCUT2D eigenvalue weighted by atomic mass is 10.1. The van der Waals surface area contributed by atoms with Gasteiger partial charge in [-0.05, 0) is 18.6 Å². The van der Waals surface area contributed by atoms with Crippen molar-refractivity contribution in [3.8, 4) is 5.75 Å². The van der Waals surface area contributed by atoms with Crippen LogP contribution in [0.4, 0.5) is 5.69 Å². The number of hydrogen-bond acceptors (Lipinski definition) is 5. The van der Waals surface area contributed by atoms with Gasteiger partial charge in [0, 0.05) is 12.5 Å². The number of carboxylic acids is 1. The Morgan fingerprint density at radius 3 is 2.33 bits per heavy atom. The molecule has 0 atom stereocenters. The van der Waals surface area contributed by atoms with Gasteiger partial charge in [0.2, 0.25) is 5.75 Å². The van der Waals surface area contributed by atoms with Gasteiger partial charge in [0.05, 0.1) is 10.5 Å². The number of aromatic carboxylic acids is 1. The van der Waals surface area contributed by atoms with Crippen LogP contribution in [0.3, 0.4) is 0 Å². The fourth-order valence-corrected chi connectivity index (χ4v) is 2.28. The summed E-state index contributed by atoms with van der Waals surface area (Å²) in [6.45, 7) is 2.15. The van der Waals surface area contributed by atoms with E-state index in [1.165, 1.54) is 25.3 Å². The maximum Gasteiger partial charge on any atom is 0.335 e. The van der Waals surface area contributed by atoms with Crippen LogP contribution in [0.2, 0.25) is 0 Å². The quantitative estimate of drug-likeness (QED) is 0.212. The molecule has 0 radical (unpaired) electrons. The highest BCUT2D eigenvalue weighted by Gasteiger charge is 2.20. The second kappa shape index (κ2) is 10.4. The smallest absolute Gasteiger partial charge is 0.335 e. The number of nitro benzene ring substituents is 1. The number of carbonyl (C=O) groups is 2. The van der Waals surface area contributed by atoms with Crippen molar-refractivity contribution < 1.29 is 24.4 Å². The predicted octanol–water partition coefficient (Wildman–Crippen LogP) is 4.34. The zero-order chi connectivity index (χ0) is 17.9. The summed E-state index contributed by atoms with van der Waals surface area (Å²) in [5.41, 5.74) is -0.753. The summed E-state index contributed by atoms with van der Waals surface area (Å²) in [7, 11) is 0. The molecule has 0 unspecified atom stereocenters. The van der Waals surface area contributed by atoms with Crippen LogP contribution in [0.1, 0.15) is 68.6 Å². The standard InChI is InChI=1S/C17H23NO6/c1-2-3-4-5-6-7-8-9-16(19)24-15-11-10-13(17(20)21)12-14(15)18(22)23/h10-12H,2-9H2,1H3,(H,20,21). The number of esters is 1. The molecule has 0 bridgehead atoms. The lowest BCUT2D eigenvalue weighted by molar-refractivity contribution is -0.385. The molecule has 0 aliphatic carbocycles. The van der Waals surface area contributed by atoms with E-state index in [9.17, 15) is 19.7 Å². The summed E-state index contributed by atoms with van der Waals surface area (Å²) in [5.74, 6) is -2.05. The number of benzene rings is 1.